The van der Waals surface area contributed by atoms with E-state index in [2.05, 4.69) is 4.99 Å². The number of rotatable bonds is 4. The average molecular weight is 244 g/mol. The molecule has 1 aromatic carbocycles. The van der Waals surface area contributed by atoms with Crippen LogP contribution in [-0.2, 0) is 0 Å². The van der Waals surface area contributed by atoms with Gasteiger partial charge in [0.2, 0.25) is 0 Å². The van der Waals surface area contributed by atoms with Crippen molar-refractivity contribution in [1.82, 2.24) is 0 Å². The molecule has 0 bridgehead atoms. The zero-order chi connectivity index (χ0) is 13.0. The molecule has 0 aliphatic rings. The van der Waals surface area contributed by atoms with Crippen molar-refractivity contribution in [1.29, 1.82) is 0 Å². The first-order chi connectivity index (χ1) is 8.66. The van der Waals surface area contributed by atoms with Crippen LogP contribution in [0.4, 0.5) is 5.88 Å². The molecule has 0 aliphatic heterocycles. The summed E-state index contributed by atoms with van der Waals surface area (Å²) in [5, 5.41) is 10.4. The Bertz CT molecular complexity index is 561. The van der Waals surface area contributed by atoms with Crippen LogP contribution in [0.15, 0.2) is 51.9 Å². The van der Waals surface area contributed by atoms with Crippen LogP contribution in [0.5, 0.6) is 0 Å². The molecule has 0 radical (unpaired) electrons. The van der Waals surface area contributed by atoms with Crippen LogP contribution in [0.3, 0.4) is 0 Å². The number of nitrogens with zero attached hydrogens (tertiary/aromatic N) is 2. The standard InChI is InChI=1S/C13H12N2O3/c1-10(11-5-3-2-4-6-11)14-9-12-7-8-13(18-12)15(16)17/h2-10H,1H3. The number of benzene rings is 1. The molecule has 0 N–H and O–H groups in total. The Labute approximate surface area is 104 Å². The van der Waals surface area contributed by atoms with Crippen molar-refractivity contribution in [3.8, 4) is 0 Å². The summed E-state index contributed by atoms with van der Waals surface area (Å²) in [6.45, 7) is 1.95. The maximum atomic E-state index is 10.4. The summed E-state index contributed by atoms with van der Waals surface area (Å²) >= 11 is 0. The van der Waals surface area contributed by atoms with Crippen molar-refractivity contribution >= 4 is 12.1 Å². The summed E-state index contributed by atoms with van der Waals surface area (Å²) in [5.41, 5.74) is 1.08. The quantitative estimate of drug-likeness (QED) is 0.470. The van der Waals surface area contributed by atoms with E-state index in [0.717, 1.165) is 5.56 Å². The fraction of sp³-hybridized carbons (Fsp3) is 0.154. The normalized spacial score (nSPS) is 12.7. The Morgan fingerprint density at radius 1 is 1.28 bits per heavy atom. The summed E-state index contributed by atoms with van der Waals surface area (Å²) in [7, 11) is 0. The largest absolute Gasteiger partial charge is 0.433 e. The van der Waals surface area contributed by atoms with Crippen LogP contribution in [0, 0.1) is 10.1 Å². The molecular weight excluding hydrogens is 232 g/mol. The molecule has 2 rings (SSSR count). The third-order valence-corrected chi connectivity index (χ3v) is 2.50. The van der Waals surface area contributed by atoms with E-state index in [0.29, 0.717) is 5.76 Å². The third-order valence-electron chi connectivity index (χ3n) is 2.50. The maximum Gasteiger partial charge on any atom is 0.433 e. The summed E-state index contributed by atoms with van der Waals surface area (Å²) in [6, 6.07) is 12.6. The lowest BCUT2D eigenvalue weighted by atomic mass is 10.1. The van der Waals surface area contributed by atoms with Crippen LogP contribution >= 0.6 is 0 Å². The van der Waals surface area contributed by atoms with Gasteiger partial charge in [-0.25, -0.2) is 0 Å². The fourth-order valence-corrected chi connectivity index (χ4v) is 1.51. The summed E-state index contributed by atoms with van der Waals surface area (Å²) in [6.07, 6.45) is 1.50. The molecule has 1 atom stereocenters. The van der Waals surface area contributed by atoms with Gasteiger partial charge in [-0.1, -0.05) is 30.3 Å². The lowest BCUT2D eigenvalue weighted by molar-refractivity contribution is -0.402. The number of hydrogen-bond acceptors (Lipinski definition) is 4. The molecule has 1 aromatic heterocycles. The number of furan rings is 1. The van der Waals surface area contributed by atoms with Gasteiger partial charge in [0.15, 0.2) is 5.76 Å². The van der Waals surface area contributed by atoms with Gasteiger partial charge in [-0.15, -0.1) is 0 Å². The highest BCUT2D eigenvalue weighted by Crippen LogP contribution is 2.17. The highest BCUT2D eigenvalue weighted by Gasteiger charge is 2.10. The highest BCUT2D eigenvalue weighted by atomic mass is 16.6. The lowest BCUT2D eigenvalue weighted by Gasteiger charge is -2.04. The van der Waals surface area contributed by atoms with E-state index in [-0.39, 0.29) is 11.9 Å². The van der Waals surface area contributed by atoms with Crippen LogP contribution in [0.1, 0.15) is 24.3 Å². The number of aliphatic imine (C=N–C) groups is 1. The summed E-state index contributed by atoms with van der Waals surface area (Å²) in [4.78, 5) is 14.2. The monoisotopic (exact) mass is 244 g/mol. The molecule has 0 saturated heterocycles. The minimum atomic E-state index is -0.571. The first-order valence-corrected chi connectivity index (χ1v) is 5.49. The molecule has 5 nitrogen and oxygen atoms in total. The molecular formula is C13H12N2O3. The van der Waals surface area contributed by atoms with Crippen molar-refractivity contribution < 1.29 is 9.34 Å². The van der Waals surface area contributed by atoms with Crippen LogP contribution in [-0.4, -0.2) is 11.1 Å². The molecule has 92 valence electrons. The van der Waals surface area contributed by atoms with Crippen molar-refractivity contribution in [3.63, 3.8) is 0 Å². The molecule has 0 amide bonds. The maximum absolute atomic E-state index is 10.4. The van der Waals surface area contributed by atoms with Crippen molar-refractivity contribution in [2.24, 2.45) is 4.99 Å². The van der Waals surface area contributed by atoms with Crippen LogP contribution in [0.2, 0.25) is 0 Å². The van der Waals surface area contributed by atoms with Gasteiger partial charge < -0.3 is 4.42 Å². The Morgan fingerprint density at radius 2 is 2.00 bits per heavy atom. The van der Waals surface area contributed by atoms with Gasteiger partial charge in [-0.2, -0.15) is 0 Å². The lowest BCUT2D eigenvalue weighted by Crippen LogP contribution is -1.89. The molecule has 18 heavy (non-hydrogen) atoms. The topological polar surface area (TPSA) is 68.6 Å². The molecule has 5 heteroatoms. The third kappa shape index (κ3) is 2.82. The van der Waals surface area contributed by atoms with Gasteiger partial charge in [0.25, 0.3) is 0 Å². The van der Waals surface area contributed by atoms with Gasteiger partial charge in [-0.3, -0.25) is 15.1 Å². The van der Waals surface area contributed by atoms with E-state index in [9.17, 15) is 10.1 Å². The SMILES string of the molecule is CC(N=Cc1ccc([N+](=O)[O-])o1)c1ccccc1. The average Bonchev–Trinajstić information content (AvgIpc) is 2.86. The van der Waals surface area contributed by atoms with Crippen LogP contribution in [0.25, 0.3) is 0 Å². The molecule has 1 heterocycles. The van der Waals surface area contributed by atoms with Gasteiger partial charge >= 0.3 is 5.88 Å². The van der Waals surface area contributed by atoms with Gasteiger partial charge in [-0.05, 0) is 18.6 Å². The second-order valence-electron chi connectivity index (χ2n) is 3.80. The van der Waals surface area contributed by atoms with Crippen molar-refractivity contribution in [3.05, 3.63) is 63.9 Å². The predicted octanol–water partition coefficient (Wildman–Crippen LogP) is 3.37. The number of hydrogen-bond donors (Lipinski definition) is 0. The highest BCUT2D eigenvalue weighted by molar-refractivity contribution is 5.76. The van der Waals surface area contributed by atoms with Gasteiger partial charge in [0.05, 0.1) is 18.3 Å². The molecule has 1 unspecified atom stereocenters. The smallest absolute Gasteiger partial charge is 0.400 e. The van der Waals surface area contributed by atoms with Crippen molar-refractivity contribution in [2.75, 3.05) is 0 Å². The fourth-order valence-electron chi connectivity index (χ4n) is 1.51. The minimum Gasteiger partial charge on any atom is -0.400 e. The Kier molecular flexibility index (Phi) is 3.52. The van der Waals surface area contributed by atoms with E-state index in [1.54, 1.807) is 0 Å². The first kappa shape index (κ1) is 12.0. The van der Waals surface area contributed by atoms with E-state index >= 15 is 0 Å². The van der Waals surface area contributed by atoms with Gasteiger partial charge in [0, 0.05) is 0 Å². The minimum absolute atomic E-state index is 0.0182. The van der Waals surface area contributed by atoms with Crippen LogP contribution < -0.4 is 0 Å². The van der Waals surface area contributed by atoms with E-state index in [1.165, 1.54) is 18.3 Å². The molecule has 2 aromatic rings. The zero-order valence-electron chi connectivity index (χ0n) is 9.82. The van der Waals surface area contributed by atoms with Crippen molar-refractivity contribution in [2.45, 2.75) is 13.0 Å². The Morgan fingerprint density at radius 3 is 2.61 bits per heavy atom. The molecule has 0 saturated carbocycles. The predicted molar refractivity (Wildman–Crippen MR) is 67.8 cm³/mol. The zero-order valence-corrected chi connectivity index (χ0v) is 9.82. The second-order valence-corrected chi connectivity index (χ2v) is 3.80. The second kappa shape index (κ2) is 5.27. The molecule has 0 fully saturated rings. The summed E-state index contributed by atoms with van der Waals surface area (Å²) < 4.78 is 4.98. The molecule has 0 spiro atoms. The molecule has 0 aliphatic carbocycles. The van der Waals surface area contributed by atoms with E-state index in [1.807, 2.05) is 37.3 Å². The number of nitro groups is 1. The van der Waals surface area contributed by atoms with E-state index in [4.69, 9.17) is 4.42 Å². The van der Waals surface area contributed by atoms with E-state index < -0.39 is 4.92 Å². The Hall–Kier alpha value is -2.43. The summed E-state index contributed by atoms with van der Waals surface area (Å²) in [5.74, 6) is 0.105. The van der Waals surface area contributed by atoms with Gasteiger partial charge in [0.1, 0.15) is 4.92 Å². The first-order valence-electron chi connectivity index (χ1n) is 5.49. The Balaban J connectivity index is 2.08.